The zero-order valence-electron chi connectivity index (χ0n) is 17.6. The Bertz CT molecular complexity index is 1030. The average Bonchev–Trinajstić information content (AvgIpc) is 2.73. The molecule has 1 atom stereocenters. The highest BCUT2D eigenvalue weighted by Gasteiger charge is 2.22. The van der Waals surface area contributed by atoms with E-state index in [1.807, 2.05) is 13.8 Å². The average molecular weight is 463 g/mol. The van der Waals surface area contributed by atoms with Crippen molar-refractivity contribution in [3.63, 3.8) is 0 Å². The Labute approximate surface area is 187 Å². The molecule has 2 amide bonds. The second-order valence-corrected chi connectivity index (χ2v) is 7.98. The van der Waals surface area contributed by atoms with Crippen LogP contribution in [0.1, 0.15) is 31.1 Å². The van der Waals surface area contributed by atoms with E-state index in [-0.39, 0.29) is 29.0 Å². The van der Waals surface area contributed by atoms with E-state index in [0.717, 1.165) is 30.0 Å². The van der Waals surface area contributed by atoms with Crippen LogP contribution < -0.4 is 10.6 Å². The molecule has 2 aromatic carbocycles. The number of nitro benzene ring substituents is 1. The van der Waals surface area contributed by atoms with Gasteiger partial charge in [-0.05, 0) is 45.0 Å². The molecule has 0 spiro atoms. The van der Waals surface area contributed by atoms with Crippen LogP contribution in [0.25, 0.3) is 0 Å². The van der Waals surface area contributed by atoms with Gasteiger partial charge in [-0.2, -0.15) is 4.39 Å². The number of thioether (sulfide) groups is 1. The second-order valence-electron chi connectivity index (χ2n) is 6.97. The number of carbonyl (C=O) groups excluding carboxylic acids is 3. The van der Waals surface area contributed by atoms with Gasteiger partial charge >= 0.3 is 11.7 Å². The van der Waals surface area contributed by atoms with Gasteiger partial charge in [0.25, 0.3) is 5.91 Å². The van der Waals surface area contributed by atoms with Crippen molar-refractivity contribution >= 4 is 40.9 Å². The number of nitro groups is 1. The first kappa shape index (κ1) is 24.8. The topological polar surface area (TPSA) is 128 Å². The van der Waals surface area contributed by atoms with Crippen LogP contribution in [0.2, 0.25) is 0 Å². The van der Waals surface area contributed by atoms with E-state index in [1.54, 1.807) is 18.2 Å². The molecule has 1 unspecified atom stereocenters. The Morgan fingerprint density at radius 1 is 1.16 bits per heavy atom. The molecule has 11 heteroatoms. The molecule has 0 bridgehead atoms. The first-order valence-electron chi connectivity index (χ1n) is 9.55. The number of carbonyl (C=O) groups is 3. The van der Waals surface area contributed by atoms with Gasteiger partial charge in [-0.3, -0.25) is 19.7 Å². The summed E-state index contributed by atoms with van der Waals surface area (Å²) in [5.41, 5.74) is -0.620. The van der Waals surface area contributed by atoms with Crippen molar-refractivity contribution in [2.75, 3.05) is 11.1 Å². The summed E-state index contributed by atoms with van der Waals surface area (Å²) in [5.74, 6) is -2.65. The van der Waals surface area contributed by atoms with Gasteiger partial charge < -0.3 is 15.4 Å². The Morgan fingerprint density at radius 2 is 1.84 bits per heavy atom. The molecule has 0 aliphatic rings. The highest BCUT2D eigenvalue weighted by atomic mass is 32.2. The molecule has 170 valence electrons. The van der Waals surface area contributed by atoms with Crippen LogP contribution in [-0.4, -0.2) is 40.6 Å². The first-order chi connectivity index (χ1) is 15.1. The minimum atomic E-state index is -1.24. The maximum Gasteiger partial charge on any atom is 0.340 e. The molecule has 0 aliphatic heterocycles. The number of nitrogens with one attached hydrogen (secondary N) is 2. The number of hydrogen-bond acceptors (Lipinski definition) is 7. The normalized spacial score (nSPS) is 11.5. The number of hydrogen-bond donors (Lipinski definition) is 2. The van der Waals surface area contributed by atoms with E-state index in [2.05, 4.69) is 10.6 Å². The Balaban J connectivity index is 2.03. The second kappa shape index (κ2) is 11.2. The monoisotopic (exact) mass is 463 g/mol. The van der Waals surface area contributed by atoms with Gasteiger partial charge in [0, 0.05) is 22.7 Å². The van der Waals surface area contributed by atoms with Crippen LogP contribution in [0.4, 0.5) is 15.8 Å². The Kier molecular flexibility index (Phi) is 8.71. The zero-order valence-corrected chi connectivity index (χ0v) is 18.4. The van der Waals surface area contributed by atoms with Gasteiger partial charge in [-0.25, -0.2) is 4.79 Å². The third-order valence-electron chi connectivity index (χ3n) is 3.98. The van der Waals surface area contributed by atoms with Crippen molar-refractivity contribution in [3.8, 4) is 0 Å². The molecule has 0 saturated carbocycles. The van der Waals surface area contributed by atoms with Crippen molar-refractivity contribution in [1.29, 1.82) is 0 Å². The fraction of sp³-hybridized carbons (Fsp3) is 0.286. The number of rotatable bonds is 9. The first-order valence-corrected chi connectivity index (χ1v) is 10.5. The smallest absolute Gasteiger partial charge is 0.340 e. The van der Waals surface area contributed by atoms with Crippen LogP contribution in [-0.2, 0) is 14.3 Å². The van der Waals surface area contributed by atoms with Gasteiger partial charge in [-0.1, -0.05) is 12.1 Å². The maximum absolute atomic E-state index is 13.4. The number of benzene rings is 2. The van der Waals surface area contributed by atoms with Crippen molar-refractivity contribution in [2.24, 2.45) is 0 Å². The molecule has 0 saturated heterocycles. The van der Waals surface area contributed by atoms with E-state index in [1.165, 1.54) is 13.0 Å². The van der Waals surface area contributed by atoms with Gasteiger partial charge in [0.05, 0.1) is 16.2 Å². The molecule has 0 fully saturated rings. The molecule has 2 rings (SSSR count). The SMILES string of the molecule is CC(C)NC(=O)CSc1ccccc1C(=O)OC(C)C(=O)Nc1ccc(F)c([N+](=O)[O-])c1. The van der Waals surface area contributed by atoms with Crippen LogP contribution >= 0.6 is 11.8 Å². The lowest BCUT2D eigenvalue weighted by atomic mass is 10.2. The number of esters is 1. The van der Waals surface area contributed by atoms with E-state index in [0.29, 0.717) is 4.90 Å². The van der Waals surface area contributed by atoms with Crippen molar-refractivity contribution in [2.45, 2.75) is 37.8 Å². The molecule has 9 nitrogen and oxygen atoms in total. The number of amides is 2. The third kappa shape index (κ3) is 7.05. The van der Waals surface area contributed by atoms with Crippen LogP contribution in [0.15, 0.2) is 47.4 Å². The number of nitrogens with zero attached hydrogens (tertiary/aromatic N) is 1. The predicted molar refractivity (Wildman–Crippen MR) is 117 cm³/mol. The summed E-state index contributed by atoms with van der Waals surface area (Å²) in [5, 5.41) is 15.9. The lowest BCUT2D eigenvalue weighted by molar-refractivity contribution is -0.387. The molecule has 0 radical (unpaired) electrons. The standard InChI is InChI=1S/C21H22FN3O6S/c1-12(2)23-19(26)11-32-18-7-5-4-6-15(18)21(28)31-13(3)20(27)24-14-8-9-16(22)17(10-14)25(29)30/h4-10,12-13H,11H2,1-3H3,(H,23,26)(H,24,27). The van der Waals surface area contributed by atoms with Gasteiger partial charge in [-0.15, -0.1) is 11.8 Å². The molecule has 0 heterocycles. The fourth-order valence-corrected chi connectivity index (χ4v) is 3.37. The maximum atomic E-state index is 13.4. The van der Waals surface area contributed by atoms with Gasteiger partial charge in [0.15, 0.2) is 6.10 Å². The van der Waals surface area contributed by atoms with Gasteiger partial charge in [0.1, 0.15) is 0 Å². The van der Waals surface area contributed by atoms with E-state index < -0.39 is 34.4 Å². The molecular formula is C21H22FN3O6S. The van der Waals surface area contributed by atoms with E-state index in [4.69, 9.17) is 4.74 Å². The number of halogens is 1. The van der Waals surface area contributed by atoms with Crippen molar-refractivity contribution < 1.29 is 28.4 Å². The lowest BCUT2D eigenvalue weighted by Gasteiger charge is -2.15. The largest absolute Gasteiger partial charge is 0.449 e. The predicted octanol–water partition coefficient (Wildman–Crippen LogP) is 3.53. The van der Waals surface area contributed by atoms with Crippen molar-refractivity contribution in [3.05, 3.63) is 64.0 Å². The Hall–Kier alpha value is -3.47. The zero-order chi connectivity index (χ0) is 23.8. The third-order valence-corrected chi connectivity index (χ3v) is 5.05. The molecule has 2 aromatic rings. The Morgan fingerprint density at radius 3 is 2.50 bits per heavy atom. The van der Waals surface area contributed by atoms with E-state index in [9.17, 15) is 28.9 Å². The summed E-state index contributed by atoms with van der Waals surface area (Å²) in [7, 11) is 0. The summed E-state index contributed by atoms with van der Waals surface area (Å²) >= 11 is 1.16. The highest BCUT2D eigenvalue weighted by Crippen LogP contribution is 2.24. The number of ether oxygens (including phenoxy) is 1. The molecule has 32 heavy (non-hydrogen) atoms. The highest BCUT2D eigenvalue weighted by molar-refractivity contribution is 8.00. The lowest BCUT2D eigenvalue weighted by Crippen LogP contribution is -2.31. The van der Waals surface area contributed by atoms with Crippen molar-refractivity contribution in [1.82, 2.24) is 5.32 Å². The summed E-state index contributed by atoms with van der Waals surface area (Å²) in [6.45, 7) is 5.01. The molecule has 0 aromatic heterocycles. The molecular weight excluding hydrogens is 441 g/mol. The fourth-order valence-electron chi connectivity index (χ4n) is 2.52. The van der Waals surface area contributed by atoms with Crippen LogP contribution in [0.5, 0.6) is 0 Å². The summed E-state index contributed by atoms with van der Waals surface area (Å²) in [4.78, 5) is 47.2. The molecule has 0 aliphatic carbocycles. The van der Waals surface area contributed by atoms with Crippen LogP contribution in [0, 0.1) is 15.9 Å². The molecule has 2 N–H and O–H groups in total. The minimum absolute atomic E-state index is 0.00906. The number of anilines is 1. The van der Waals surface area contributed by atoms with E-state index >= 15 is 0 Å². The summed E-state index contributed by atoms with van der Waals surface area (Å²) in [6, 6.07) is 9.37. The quantitative estimate of drug-likeness (QED) is 0.252. The minimum Gasteiger partial charge on any atom is -0.449 e. The summed E-state index contributed by atoms with van der Waals surface area (Å²) in [6.07, 6.45) is -1.24. The van der Waals surface area contributed by atoms with Crippen LogP contribution in [0.3, 0.4) is 0 Å². The van der Waals surface area contributed by atoms with Gasteiger partial charge in [0.2, 0.25) is 11.7 Å². The summed E-state index contributed by atoms with van der Waals surface area (Å²) < 4.78 is 18.6.